The van der Waals surface area contributed by atoms with Gasteiger partial charge in [-0.2, -0.15) is 0 Å². The zero-order chi connectivity index (χ0) is 27.0. The number of aromatic nitrogens is 1. The van der Waals surface area contributed by atoms with E-state index in [9.17, 15) is 19.5 Å². The summed E-state index contributed by atoms with van der Waals surface area (Å²) in [6.45, 7) is 7.60. The predicted molar refractivity (Wildman–Crippen MR) is 141 cm³/mol. The van der Waals surface area contributed by atoms with Crippen molar-refractivity contribution in [2.24, 2.45) is 0 Å². The highest BCUT2D eigenvalue weighted by Crippen LogP contribution is 2.44. The summed E-state index contributed by atoms with van der Waals surface area (Å²) in [7, 11) is 2.81. The summed E-state index contributed by atoms with van der Waals surface area (Å²) in [5, 5.41) is 11.5. The van der Waals surface area contributed by atoms with Crippen LogP contribution in [0.2, 0.25) is 0 Å². The number of thiazole rings is 1. The number of amides is 1. The van der Waals surface area contributed by atoms with Crippen LogP contribution in [0.25, 0.3) is 5.76 Å². The molecule has 0 radical (unpaired) electrons. The smallest absolute Gasteiger partial charge is 0.350 e. The number of aliphatic hydroxyl groups excluding tert-OH is 1. The summed E-state index contributed by atoms with van der Waals surface area (Å²) in [4.78, 5) is 44.9. The van der Waals surface area contributed by atoms with E-state index in [0.29, 0.717) is 22.6 Å². The molecule has 1 saturated heterocycles. The molecular formula is C28H28N2O6S. The number of ether oxygens (including phenoxy) is 2. The van der Waals surface area contributed by atoms with Crippen LogP contribution in [0.1, 0.15) is 63.4 Å². The van der Waals surface area contributed by atoms with Crippen molar-refractivity contribution >= 4 is 39.9 Å². The largest absolute Gasteiger partial charge is 0.507 e. The van der Waals surface area contributed by atoms with Crippen LogP contribution in [-0.2, 0) is 14.3 Å². The third kappa shape index (κ3) is 4.62. The molecule has 1 atom stereocenters. The van der Waals surface area contributed by atoms with Gasteiger partial charge in [0, 0.05) is 5.56 Å². The molecule has 1 aliphatic heterocycles. The minimum Gasteiger partial charge on any atom is -0.507 e. The molecular weight excluding hydrogens is 492 g/mol. The number of aryl methyl sites for hydroxylation is 2. The number of methoxy groups -OCH3 is 2. The highest BCUT2D eigenvalue weighted by molar-refractivity contribution is 7.17. The molecule has 2 aromatic carbocycles. The summed E-state index contributed by atoms with van der Waals surface area (Å²) in [5.41, 5.74) is 3.18. The number of aliphatic hydroxyl groups is 1. The number of esters is 1. The van der Waals surface area contributed by atoms with Crippen molar-refractivity contribution in [2.75, 3.05) is 19.1 Å². The SMILES string of the molecule is COC(=O)c1sc(N2C(=O)C(=O)/C(=C(/O)c3ccc(OC)c(C)c3)C2c2ccc(C(C)C)cc2)nc1C. The monoisotopic (exact) mass is 520 g/mol. The molecule has 1 fully saturated rings. The Hall–Kier alpha value is -3.98. The second-order valence-corrected chi connectivity index (χ2v) is 10.1. The number of benzene rings is 2. The van der Waals surface area contributed by atoms with Crippen LogP contribution < -0.4 is 9.64 Å². The van der Waals surface area contributed by atoms with E-state index in [1.165, 1.54) is 12.0 Å². The van der Waals surface area contributed by atoms with Crippen LogP contribution in [0.15, 0.2) is 48.0 Å². The molecule has 192 valence electrons. The molecule has 1 unspecified atom stereocenters. The standard InChI is InChI=1S/C28H28N2O6S/c1-14(2)17-7-9-18(10-8-17)22-21(23(31)19-11-12-20(35-5)15(3)13-19)24(32)26(33)30(22)28-29-16(4)25(37-28)27(34)36-6/h7-14,22,31H,1-6H3/b23-21+. The summed E-state index contributed by atoms with van der Waals surface area (Å²) in [6.07, 6.45) is 0. The van der Waals surface area contributed by atoms with Crippen molar-refractivity contribution in [3.05, 3.63) is 80.9 Å². The molecule has 8 nitrogen and oxygen atoms in total. The Labute approximate surface area is 219 Å². The number of nitrogens with zero attached hydrogens (tertiary/aromatic N) is 2. The Bertz CT molecular complexity index is 1420. The van der Waals surface area contributed by atoms with Gasteiger partial charge in [0.25, 0.3) is 5.78 Å². The molecule has 4 rings (SSSR count). The maximum absolute atomic E-state index is 13.4. The Balaban J connectivity index is 1.93. The van der Waals surface area contributed by atoms with Crippen LogP contribution in [0.5, 0.6) is 5.75 Å². The number of rotatable bonds is 6. The molecule has 9 heteroatoms. The van der Waals surface area contributed by atoms with Crippen molar-refractivity contribution in [1.82, 2.24) is 4.98 Å². The van der Waals surface area contributed by atoms with Gasteiger partial charge in [-0.3, -0.25) is 14.5 Å². The van der Waals surface area contributed by atoms with E-state index >= 15 is 0 Å². The van der Waals surface area contributed by atoms with Gasteiger partial charge in [0.15, 0.2) is 5.13 Å². The van der Waals surface area contributed by atoms with Crippen LogP contribution >= 0.6 is 11.3 Å². The summed E-state index contributed by atoms with van der Waals surface area (Å²) < 4.78 is 10.1. The quantitative estimate of drug-likeness (QED) is 0.203. The lowest BCUT2D eigenvalue weighted by Gasteiger charge is -2.23. The van der Waals surface area contributed by atoms with Gasteiger partial charge >= 0.3 is 11.9 Å². The molecule has 0 spiro atoms. The first-order valence-electron chi connectivity index (χ1n) is 11.7. The minimum absolute atomic E-state index is 0.0562. The molecule has 0 saturated carbocycles. The number of hydrogen-bond acceptors (Lipinski definition) is 8. The molecule has 1 amide bonds. The van der Waals surface area contributed by atoms with Gasteiger partial charge in [-0.15, -0.1) is 0 Å². The van der Waals surface area contributed by atoms with E-state index in [2.05, 4.69) is 18.8 Å². The average molecular weight is 521 g/mol. The third-order valence-electron chi connectivity index (χ3n) is 6.39. The maximum Gasteiger partial charge on any atom is 0.350 e. The normalized spacial score (nSPS) is 16.9. The Morgan fingerprint density at radius 3 is 2.32 bits per heavy atom. The Kier molecular flexibility index (Phi) is 7.18. The average Bonchev–Trinajstić information content (AvgIpc) is 3.39. The first-order chi connectivity index (χ1) is 17.6. The van der Waals surface area contributed by atoms with E-state index in [1.54, 1.807) is 32.2 Å². The molecule has 3 aromatic rings. The Morgan fingerprint density at radius 2 is 1.76 bits per heavy atom. The third-order valence-corrected chi connectivity index (χ3v) is 7.53. The lowest BCUT2D eigenvalue weighted by Crippen LogP contribution is -2.29. The van der Waals surface area contributed by atoms with Crippen LogP contribution in [0, 0.1) is 13.8 Å². The molecule has 0 bridgehead atoms. The van der Waals surface area contributed by atoms with E-state index in [0.717, 1.165) is 22.5 Å². The van der Waals surface area contributed by atoms with Gasteiger partial charge in [-0.1, -0.05) is 49.4 Å². The van der Waals surface area contributed by atoms with Crippen molar-refractivity contribution in [1.29, 1.82) is 0 Å². The molecule has 2 heterocycles. The number of carbonyl (C=O) groups excluding carboxylic acids is 3. The first-order valence-corrected chi connectivity index (χ1v) is 12.5. The Morgan fingerprint density at radius 1 is 1.08 bits per heavy atom. The van der Waals surface area contributed by atoms with Crippen molar-refractivity contribution in [2.45, 2.75) is 39.7 Å². The molecule has 1 N–H and O–H groups in total. The molecule has 1 aliphatic rings. The van der Waals surface area contributed by atoms with Crippen molar-refractivity contribution < 1.29 is 29.0 Å². The highest BCUT2D eigenvalue weighted by atomic mass is 32.1. The van der Waals surface area contributed by atoms with Crippen molar-refractivity contribution in [3.63, 3.8) is 0 Å². The fourth-order valence-electron chi connectivity index (χ4n) is 4.36. The maximum atomic E-state index is 13.4. The van der Waals surface area contributed by atoms with Gasteiger partial charge in [-0.05, 0) is 54.7 Å². The van der Waals surface area contributed by atoms with E-state index in [-0.39, 0.29) is 27.3 Å². The number of anilines is 1. The minimum atomic E-state index is -0.945. The lowest BCUT2D eigenvalue weighted by atomic mass is 9.93. The van der Waals surface area contributed by atoms with Crippen LogP contribution in [0.3, 0.4) is 0 Å². The van der Waals surface area contributed by atoms with E-state index in [1.807, 2.05) is 31.2 Å². The molecule has 37 heavy (non-hydrogen) atoms. The van der Waals surface area contributed by atoms with Gasteiger partial charge in [-0.25, -0.2) is 9.78 Å². The van der Waals surface area contributed by atoms with Crippen LogP contribution in [-0.4, -0.2) is 42.0 Å². The van der Waals surface area contributed by atoms with Gasteiger partial charge in [0.1, 0.15) is 16.4 Å². The van der Waals surface area contributed by atoms with Crippen LogP contribution in [0.4, 0.5) is 5.13 Å². The van der Waals surface area contributed by atoms with E-state index < -0.39 is 23.7 Å². The summed E-state index contributed by atoms with van der Waals surface area (Å²) in [5.74, 6) is -1.64. The summed E-state index contributed by atoms with van der Waals surface area (Å²) in [6, 6.07) is 11.6. The zero-order valence-corrected chi connectivity index (χ0v) is 22.3. The van der Waals surface area contributed by atoms with Gasteiger partial charge in [0.2, 0.25) is 0 Å². The predicted octanol–water partition coefficient (Wildman–Crippen LogP) is 5.30. The van der Waals surface area contributed by atoms with Gasteiger partial charge in [0.05, 0.1) is 31.5 Å². The summed E-state index contributed by atoms with van der Waals surface area (Å²) >= 11 is 0.965. The van der Waals surface area contributed by atoms with E-state index in [4.69, 9.17) is 9.47 Å². The molecule has 0 aliphatic carbocycles. The number of hydrogen-bond donors (Lipinski definition) is 1. The number of Topliss-reactive ketones (excluding diaryl/α,β-unsaturated/α-hetero) is 1. The highest BCUT2D eigenvalue weighted by Gasteiger charge is 2.48. The zero-order valence-electron chi connectivity index (χ0n) is 21.5. The second kappa shape index (κ2) is 10.2. The van der Waals surface area contributed by atoms with Gasteiger partial charge < -0.3 is 14.6 Å². The molecule has 1 aromatic heterocycles. The first kappa shape index (κ1) is 26.1. The number of ketones is 1. The lowest BCUT2D eigenvalue weighted by molar-refractivity contribution is -0.132. The fourth-order valence-corrected chi connectivity index (χ4v) is 5.37. The van der Waals surface area contributed by atoms with Crippen molar-refractivity contribution in [3.8, 4) is 5.75 Å². The topological polar surface area (TPSA) is 106 Å². The number of carbonyl (C=O) groups is 3. The second-order valence-electron chi connectivity index (χ2n) is 9.08. The fraction of sp³-hybridized carbons (Fsp3) is 0.286.